The lowest BCUT2D eigenvalue weighted by molar-refractivity contribution is -0.119. The van der Waals surface area contributed by atoms with Crippen LogP contribution >= 0.6 is 11.8 Å². The first-order valence-electron chi connectivity index (χ1n) is 5.60. The molecule has 90 valence electrons. The number of rotatable bonds is 8. The number of nitrogens with one attached hydrogen (secondary N) is 1. The van der Waals surface area contributed by atoms with Gasteiger partial charge in [-0.05, 0) is 18.1 Å². The minimum absolute atomic E-state index is 0.0239. The minimum atomic E-state index is -0.436. The van der Waals surface area contributed by atoms with Crippen LogP contribution in [-0.4, -0.2) is 35.2 Å². The van der Waals surface area contributed by atoms with Crippen molar-refractivity contribution in [1.82, 2.24) is 5.32 Å². The summed E-state index contributed by atoms with van der Waals surface area (Å²) in [4.78, 5) is 11.3. The second-order valence-corrected chi connectivity index (χ2v) is 5.13. The molecule has 0 aromatic rings. The van der Waals surface area contributed by atoms with Gasteiger partial charge in [-0.3, -0.25) is 4.79 Å². The van der Waals surface area contributed by atoms with E-state index in [-0.39, 0.29) is 11.8 Å². The van der Waals surface area contributed by atoms with Crippen LogP contribution in [0.2, 0.25) is 0 Å². The fourth-order valence-electron chi connectivity index (χ4n) is 0.916. The van der Waals surface area contributed by atoms with Crippen LogP contribution in [-0.2, 0) is 4.79 Å². The number of unbranched alkanes of at least 4 members (excludes halogenated alkanes) is 1. The maximum Gasteiger partial charge on any atom is 0.230 e. The van der Waals surface area contributed by atoms with Crippen LogP contribution < -0.4 is 5.32 Å². The Kier molecular flexibility index (Phi) is 8.91. The van der Waals surface area contributed by atoms with Crippen molar-refractivity contribution >= 4 is 17.7 Å². The van der Waals surface area contributed by atoms with Gasteiger partial charge in [-0.25, -0.2) is 0 Å². The second kappa shape index (κ2) is 9.04. The second-order valence-electron chi connectivity index (χ2n) is 4.02. The topological polar surface area (TPSA) is 49.3 Å². The van der Waals surface area contributed by atoms with Gasteiger partial charge >= 0.3 is 0 Å². The maximum atomic E-state index is 11.3. The third kappa shape index (κ3) is 8.75. The fraction of sp³-hybridized carbons (Fsp3) is 0.909. The lowest BCUT2D eigenvalue weighted by Crippen LogP contribution is -2.35. The van der Waals surface area contributed by atoms with Crippen LogP contribution in [0, 0.1) is 5.92 Å². The van der Waals surface area contributed by atoms with Gasteiger partial charge in [0.1, 0.15) is 0 Å². The average molecular weight is 233 g/mol. The summed E-state index contributed by atoms with van der Waals surface area (Å²) in [5.74, 6) is 1.76. The smallest absolute Gasteiger partial charge is 0.230 e. The number of aliphatic hydroxyl groups is 1. The van der Waals surface area contributed by atoms with Crippen LogP contribution in [0.1, 0.15) is 33.6 Å². The van der Waals surface area contributed by atoms with E-state index in [1.165, 1.54) is 6.42 Å². The van der Waals surface area contributed by atoms with E-state index in [0.717, 1.165) is 12.2 Å². The van der Waals surface area contributed by atoms with Gasteiger partial charge in [0.05, 0.1) is 11.9 Å². The third-order valence-corrected chi connectivity index (χ3v) is 3.20. The molecule has 1 atom stereocenters. The molecule has 1 unspecified atom stereocenters. The normalized spacial score (nSPS) is 12.9. The van der Waals surface area contributed by atoms with Crippen molar-refractivity contribution in [2.45, 2.75) is 39.7 Å². The standard InChI is InChI=1S/C11H23NO2S/c1-4-5-6-15-8-11(14)12-7-10(13)9(2)3/h9-10,13H,4-8H2,1-3H3,(H,12,14). The van der Waals surface area contributed by atoms with E-state index >= 15 is 0 Å². The van der Waals surface area contributed by atoms with E-state index in [9.17, 15) is 9.90 Å². The molecular formula is C11H23NO2S. The van der Waals surface area contributed by atoms with E-state index in [4.69, 9.17) is 0 Å². The molecule has 0 radical (unpaired) electrons. The number of carbonyl (C=O) groups is 1. The Morgan fingerprint density at radius 1 is 1.47 bits per heavy atom. The zero-order chi connectivity index (χ0) is 11.7. The molecule has 0 aliphatic heterocycles. The van der Waals surface area contributed by atoms with E-state index in [2.05, 4.69) is 12.2 Å². The largest absolute Gasteiger partial charge is 0.391 e. The van der Waals surface area contributed by atoms with Crippen molar-refractivity contribution < 1.29 is 9.90 Å². The van der Waals surface area contributed by atoms with Crippen LogP contribution in [0.15, 0.2) is 0 Å². The van der Waals surface area contributed by atoms with Gasteiger partial charge in [0.2, 0.25) is 5.91 Å². The van der Waals surface area contributed by atoms with Gasteiger partial charge in [-0.2, -0.15) is 11.8 Å². The van der Waals surface area contributed by atoms with Gasteiger partial charge in [-0.1, -0.05) is 27.2 Å². The van der Waals surface area contributed by atoms with Crippen LogP contribution in [0.3, 0.4) is 0 Å². The average Bonchev–Trinajstić information content (AvgIpc) is 2.20. The molecule has 2 N–H and O–H groups in total. The summed E-state index contributed by atoms with van der Waals surface area (Å²) < 4.78 is 0. The molecular weight excluding hydrogens is 210 g/mol. The molecule has 0 saturated carbocycles. The minimum Gasteiger partial charge on any atom is -0.391 e. The van der Waals surface area contributed by atoms with E-state index in [1.807, 2.05) is 13.8 Å². The Bertz CT molecular complexity index is 174. The van der Waals surface area contributed by atoms with Crippen molar-refractivity contribution in [1.29, 1.82) is 0 Å². The predicted molar refractivity (Wildman–Crippen MR) is 66.1 cm³/mol. The first-order valence-corrected chi connectivity index (χ1v) is 6.75. The van der Waals surface area contributed by atoms with Crippen molar-refractivity contribution in [3.63, 3.8) is 0 Å². The van der Waals surface area contributed by atoms with Gasteiger partial charge in [-0.15, -0.1) is 0 Å². The van der Waals surface area contributed by atoms with Crippen molar-refractivity contribution in [3.05, 3.63) is 0 Å². The number of carbonyl (C=O) groups excluding carboxylic acids is 1. The fourth-order valence-corrected chi connectivity index (χ4v) is 1.84. The van der Waals surface area contributed by atoms with Crippen molar-refractivity contribution in [3.8, 4) is 0 Å². The molecule has 15 heavy (non-hydrogen) atoms. The number of amides is 1. The van der Waals surface area contributed by atoms with Gasteiger partial charge in [0.25, 0.3) is 0 Å². The highest BCUT2D eigenvalue weighted by Gasteiger charge is 2.10. The molecule has 0 heterocycles. The molecule has 0 aromatic carbocycles. The molecule has 0 aliphatic carbocycles. The molecule has 0 rings (SSSR count). The molecule has 0 bridgehead atoms. The van der Waals surface area contributed by atoms with Gasteiger partial charge < -0.3 is 10.4 Å². The Morgan fingerprint density at radius 3 is 2.67 bits per heavy atom. The Hall–Kier alpha value is -0.220. The van der Waals surface area contributed by atoms with E-state index in [0.29, 0.717) is 12.3 Å². The van der Waals surface area contributed by atoms with E-state index < -0.39 is 6.10 Å². The number of aliphatic hydroxyl groups excluding tert-OH is 1. The third-order valence-electron chi connectivity index (χ3n) is 2.15. The highest BCUT2D eigenvalue weighted by Crippen LogP contribution is 2.04. The summed E-state index contributed by atoms with van der Waals surface area (Å²) in [5.41, 5.74) is 0. The molecule has 0 aliphatic rings. The zero-order valence-corrected chi connectivity index (χ0v) is 10.8. The molecule has 0 spiro atoms. The number of hydrogen-bond donors (Lipinski definition) is 2. The quantitative estimate of drug-likeness (QED) is 0.627. The van der Waals surface area contributed by atoms with Crippen LogP contribution in [0.5, 0.6) is 0 Å². The summed E-state index contributed by atoms with van der Waals surface area (Å²) in [6.45, 7) is 6.38. The summed E-state index contributed by atoms with van der Waals surface area (Å²) in [6.07, 6.45) is 1.89. The first-order chi connectivity index (χ1) is 7.07. The van der Waals surface area contributed by atoms with Crippen LogP contribution in [0.4, 0.5) is 0 Å². The summed E-state index contributed by atoms with van der Waals surface area (Å²) in [7, 11) is 0. The van der Waals surface area contributed by atoms with Crippen molar-refractivity contribution in [2.75, 3.05) is 18.1 Å². The SMILES string of the molecule is CCCCSCC(=O)NCC(O)C(C)C. The summed E-state index contributed by atoms with van der Waals surface area (Å²) in [6, 6.07) is 0. The molecule has 3 nitrogen and oxygen atoms in total. The Morgan fingerprint density at radius 2 is 2.13 bits per heavy atom. The molecule has 4 heteroatoms. The maximum absolute atomic E-state index is 11.3. The van der Waals surface area contributed by atoms with Gasteiger partial charge in [0, 0.05) is 6.54 Å². The molecule has 0 saturated heterocycles. The lowest BCUT2D eigenvalue weighted by atomic mass is 10.1. The Labute approximate surface area is 97.0 Å². The number of hydrogen-bond acceptors (Lipinski definition) is 3. The zero-order valence-electron chi connectivity index (χ0n) is 9.95. The molecule has 1 amide bonds. The highest BCUT2D eigenvalue weighted by atomic mass is 32.2. The predicted octanol–water partition coefficient (Wildman–Crippen LogP) is 1.65. The Balaban J connectivity index is 3.41. The number of thioether (sulfide) groups is 1. The summed E-state index contributed by atoms with van der Waals surface area (Å²) in [5, 5.41) is 12.2. The molecule has 0 aromatic heterocycles. The monoisotopic (exact) mass is 233 g/mol. The van der Waals surface area contributed by atoms with Gasteiger partial charge in [0.15, 0.2) is 0 Å². The van der Waals surface area contributed by atoms with Crippen molar-refractivity contribution in [2.24, 2.45) is 5.92 Å². The first kappa shape index (κ1) is 14.8. The van der Waals surface area contributed by atoms with Crippen LogP contribution in [0.25, 0.3) is 0 Å². The highest BCUT2D eigenvalue weighted by molar-refractivity contribution is 7.99. The molecule has 0 fully saturated rings. The lowest BCUT2D eigenvalue weighted by Gasteiger charge is -2.14. The van der Waals surface area contributed by atoms with E-state index in [1.54, 1.807) is 11.8 Å². The summed E-state index contributed by atoms with van der Waals surface area (Å²) >= 11 is 1.65.